The van der Waals surface area contributed by atoms with Crippen molar-refractivity contribution in [1.82, 2.24) is 0 Å². The molecule has 19 heavy (non-hydrogen) atoms. The molecule has 1 aromatic carbocycles. The molecule has 1 saturated carbocycles. The third kappa shape index (κ3) is 2.81. The Labute approximate surface area is 114 Å². The molecule has 2 atom stereocenters. The van der Waals surface area contributed by atoms with E-state index >= 15 is 0 Å². The molecular formula is C16H21NO2. The van der Waals surface area contributed by atoms with E-state index in [0.717, 1.165) is 30.2 Å². The highest BCUT2D eigenvalue weighted by atomic mass is 16.5. The van der Waals surface area contributed by atoms with Gasteiger partial charge in [-0.15, -0.1) is 0 Å². The van der Waals surface area contributed by atoms with Gasteiger partial charge in [-0.3, -0.25) is 4.79 Å². The number of carbonyl (C=O) groups excluding carboxylic acids is 1. The molecule has 3 heteroatoms. The summed E-state index contributed by atoms with van der Waals surface area (Å²) >= 11 is 0. The molecule has 1 saturated heterocycles. The van der Waals surface area contributed by atoms with E-state index in [2.05, 4.69) is 5.32 Å². The molecule has 2 aliphatic rings. The van der Waals surface area contributed by atoms with Crippen LogP contribution in [0.2, 0.25) is 0 Å². The van der Waals surface area contributed by atoms with Crippen LogP contribution in [0.3, 0.4) is 0 Å². The predicted molar refractivity (Wildman–Crippen MR) is 75.6 cm³/mol. The van der Waals surface area contributed by atoms with Gasteiger partial charge in [-0.1, -0.05) is 6.92 Å². The summed E-state index contributed by atoms with van der Waals surface area (Å²) in [5, 5.41) is 3.56. The summed E-state index contributed by atoms with van der Waals surface area (Å²) in [7, 11) is 0. The monoisotopic (exact) mass is 259 g/mol. The van der Waals surface area contributed by atoms with Gasteiger partial charge in [-0.2, -0.15) is 0 Å². The van der Waals surface area contributed by atoms with Crippen LogP contribution in [-0.2, 0) is 4.74 Å². The summed E-state index contributed by atoms with van der Waals surface area (Å²) in [5.41, 5.74) is 1.89. The van der Waals surface area contributed by atoms with Gasteiger partial charge in [0.1, 0.15) is 0 Å². The number of carbonyl (C=O) groups is 1. The van der Waals surface area contributed by atoms with Crippen LogP contribution in [0.25, 0.3) is 0 Å². The van der Waals surface area contributed by atoms with Crippen molar-refractivity contribution in [2.24, 2.45) is 5.92 Å². The largest absolute Gasteiger partial charge is 0.380 e. The normalized spacial score (nSPS) is 26.4. The van der Waals surface area contributed by atoms with E-state index in [9.17, 15) is 4.79 Å². The number of hydrogen-bond acceptors (Lipinski definition) is 3. The van der Waals surface area contributed by atoms with E-state index in [1.807, 2.05) is 31.2 Å². The summed E-state index contributed by atoms with van der Waals surface area (Å²) in [4.78, 5) is 11.6. The van der Waals surface area contributed by atoms with E-state index < -0.39 is 0 Å². The topological polar surface area (TPSA) is 38.3 Å². The number of rotatable bonds is 5. The molecular weight excluding hydrogens is 238 g/mol. The van der Waals surface area contributed by atoms with Gasteiger partial charge in [0.2, 0.25) is 0 Å². The van der Waals surface area contributed by atoms with E-state index in [1.165, 1.54) is 12.8 Å². The molecule has 2 unspecified atom stereocenters. The van der Waals surface area contributed by atoms with E-state index in [0.29, 0.717) is 18.6 Å². The van der Waals surface area contributed by atoms with Gasteiger partial charge in [-0.25, -0.2) is 0 Å². The molecule has 2 fully saturated rings. The Morgan fingerprint density at radius 3 is 2.63 bits per heavy atom. The zero-order valence-corrected chi connectivity index (χ0v) is 11.4. The first kappa shape index (κ1) is 12.7. The van der Waals surface area contributed by atoms with Crippen molar-refractivity contribution in [3.8, 4) is 0 Å². The first-order chi connectivity index (χ1) is 9.28. The molecule has 1 aromatic rings. The highest BCUT2D eigenvalue weighted by Crippen LogP contribution is 2.39. The number of Topliss-reactive ketones (excluding diaryl/α,β-unsaturated/α-hetero) is 1. The summed E-state index contributed by atoms with van der Waals surface area (Å²) in [6.45, 7) is 2.76. The molecule has 0 amide bonds. The van der Waals surface area contributed by atoms with Gasteiger partial charge in [0, 0.05) is 24.3 Å². The van der Waals surface area contributed by atoms with E-state index in [4.69, 9.17) is 4.74 Å². The lowest BCUT2D eigenvalue weighted by molar-refractivity contribution is 0.0898. The van der Waals surface area contributed by atoms with Gasteiger partial charge in [0.15, 0.2) is 5.78 Å². The Kier molecular flexibility index (Phi) is 3.56. The molecule has 0 aromatic heterocycles. The third-order valence-electron chi connectivity index (χ3n) is 4.10. The predicted octanol–water partition coefficient (Wildman–Crippen LogP) is 3.26. The zero-order valence-electron chi connectivity index (χ0n) is 11.4. The number of ether oxygens (including phenoxy) is 1. The molecule has 3 rings (SSSR count). The molecule has 1 aliphatic carbocycles. The molecule has 1 aliphatic heterocycles. The Morgan fingerprint density at radius 2 is 2.00 bits per heavy atom. The number of benzene rings is 1. The SMILES string of the molecule is CCC(=O)c1ccc(NC2CCOC2C2CC2)cc1. The maximum Gasteiger partial charge on any atom is 0.162 e. The highest BCUT2D eigenvalue weighted by Gasteiger charge is 2.40. The smallest absolute Gasteiger partial charge is 0.162 e. The summed E-state index contributed by atoms with van der Waals surface area (Å²) in [6.07, 6.45) is 4.65. The second-order valence-corrected chi connectivity index (χ2v) is 5.57. The van der Waals surface area contributed by atoms with Crippen molar-refractivity contribution in [3.63, 3.8) is 0 Å². The fourth-order valence-corrected chi connectivity index (χ4v) is 2.83. The standard InChI is InChI=1S/C16H21NO2/c1-2-15(18)11-5-7-13(8-6-11)17-14-9-10-19-16(14)12-3-4-12/h5-8,12,14,16-17H,2-4,9-10H2,1H3. The van der Waals surface area contributed by atoms with Gasteiger partial charge in [0.05, 0.1) is 12.1 Å². The van der Waals surface area contributed by atoms with Crippen LogP contribution < -0.4 is 5.32 Å². The fraction of sp³-hybridized carbons (Fsp3) is 0.562. The summed E-state index contributed by atoms with van der Waals surface area (Å²) in [5.74, 6) is 0.965. The Hall–Kier alpha value is -1.35. The lowest BCUT2D eigenvalue weighted by Gasteiger charge is -2.20. The minimum atomic E-state index is 0.201. The quantitative estimate of drug-likeness (QED) is 0.825. The average Bonchev–Trinajstić information content (AvgIpc) is 3.19. The Bertz CT molecular complexity index is 450. The van der Waals surface area contributed by atoms with Gasteiger partial charge >= 0.3 is 0 Å². The van der Waals surface area contributed by atoms with Crippen molar-refractivity contribution in [2.75, 3.05) is 11.9 Å². The molecule has 3 nitrogen and oxygen atoms in total. The van der Waals surface area contributed by atoms with Crippen molar-refractivity contribution in [1.29, 1.82) is 0 Å². The minimum Gasteiger partial charge on any atom is -0.380 e. The molecule has 0 spiro atoms. The zero-order chi connectivity index (χ0) is 13.2. The average molecular weight is 259 g/mol. The van der Waals surface area contributed by atoms with E-state index in [1.54, 1.807) is 0 Å². The van der Waals surface area contributed by atoms with Gasteiger partial charge in [-0.05, 0) is 49.4 Å². The molecule has 1 N–H and O–H groups in total. The van der Waals surface area contributed by atoms with Crippen LogP contribution in [0.5, 0.6) is 0 Å². The van der Waals surface area contributed by atoms with Crippen molar-refractivity contribution < 1.29 is 9.53 Å². The van der Waals surface area contributed by atoms with E-state index in [-0.39, 0.29) is 5.78 Å². The van der Waals surface area contributed by atoms with Gasteiger partial charge in [0.25, 0.3) is 0 Å². The fourth-order valence-electron chi connectivity index (χ4n) is 2.83. The minimum absolute atomic E-state index is 0.201. The second-order valence-electron chi connectivity index (χ2n) is 5.57. The lowest BCUT2D eigenvalue weighted by atomic mass is 10.0. The second kappa shape index (κ2) is 5.33. The molecule has 102 valence electrons. The number of anilines is 1. The summed E-state index contributed by atoms with van der Waals surface area (Å²) in [6, 6.07) is 8.27. The van der Waals surface area contributed by atoms with Crippen LogP contribution in [0.4, 0.5) is 5.69 Å². The molecule has 1 heterocycles. The van der Waals surface area contributed by atoms with Crippen LogP contribution >= 0.6 is 0 Å². The van der Waals surface area contributed by atoms with Crippen molar-refractivity contribution in [2.45, 2.75) is 44.8 Å². The first-order valence-electron chi connectivity index (χ1n) is 7.29. The maximum atomic E-state index is 11.6. The lowest BCUT2D eigenvalue weighted by Crippen LogP contribution is -2.30. The van der Waals surface area contributed by atoms with Gasteiger partial charge < -0.3 is 10.1 Å². The number of nitrogens with one attached hydrogen (secondary N) is 1. The van der Waals surface area contributed by atoms with Crippen molar-refractivity contribution >= 4 is 11.5 Å². The van der Waals surface area contributed by atoms with Crippen LogP contribution in [-0.4, -0.2) is 24.5 Å². The maximum absolute atomic E-state index is 11.6. The first-order valence-corrected chi connectivity index (χ1v) is 7.29. The number of ketones is 1. The summed E-state index contributed by atoms with van der Waals surface area (Å²) < 4.78 is 5.82. The Morgan fingerprint density at radius 1 is 1.26 bits per heavy atom. The molecule has 0 bridgehead atoms. The highest BCUT2D eigenvalue weighted by molar-refractivity contribution is 5.96. The third-order valence-corrected chi connectivity index (χ3v) is 4.10. The molecule has 0 radical (unpaired) electrons. The number of hydrogen-bond donors (Lipinski definition) is 1. The Balaban J connectivity index is 1.64. The van der Waals surface area contributed by atoms with Crippen molar-refractivity contribution in [3.05, 3.63) is 29.8 Å². The van der Waals surface area contributed by atoms with Crippen LogP contribution in [0, 0.1) is 5.92 Å². The van der Waals surface area contributed by atoms with Crippen LogP contribution in [0.1, 0.15) is 43.0 Å². The van der Waals surface area contributed by atoms with Crippen LogP contribution in [0.15, 0.2) is 24.3 Å².